The number of hydrogen-bond acceptors (Lipinski definition) is 3. The van der Waals surface area contributed by atoms with Crippen molar-refractivity contribution < 1.29 is 4.92 Å². The van der Waals surface area contributed by atoms with Gasteiger partial charge in [-0.1, -0.05) is 26.0 Å². The highest BCUT2D eigenvalue weighted by atomic mass is 16.6. The molecule has 1 saturated carbocycles. The van der Waals surface area contributed by atoms with Gasteiger partial charge in [-0.3, -0.25) is 10.1 Å². The maximum atomic E-state index is 10.7. The Hall–Kier alpha value is -1.42. The van der Waals surface area contributed by atoms with Crippen molar-refractivity contribution in [1.29, 1.82) is 0 Å². The third-order valence-corrected chi connectivity index (χ3v) is 5.03. The Morgan fingerprint density at radius 1 is 1.32 bits per heavy atom. The second-order valence-electron chi connectivity index (χ2n) is 5.42. The highest BCUT2D eigenvalue weighted by Gasteiger charge is 2.52. The van der Waals surface area contributed by atoms with E-state index < -0.39 is 0 Å². The van der Waals surface area contributed by atoms with Gasteiger partial charge in [0.15, 0.2) is 0 Å². The van der Waals surface area contributed by atoms with Crippen LogP contribution in [0.15, 0.2) is 24.3 Å². The van der Waals surface area contributed by atoms with Crippen molar-refractivity contribution in [2.75, 3.05) is 7.05 Å². The largest absolute Gasteiger partial charge is 0.316 e. The minimum absolute atomic E-state index is 0.173. The predicted molar refractivity (Wildman–Crippen MR) is 76.3 cm³/mol. The minimum Gasteiger partial charge on any atom is -0.316 e. The van der Waals surface area contributed by atoms with Crippen LogP contribution in [0, 0.1) is 15.5 Å². The predicted octanol–water partition coefficient (Wildman–Crippen LogP) is 3.48. The van der Waals surface area contributed by atoms with Crippen molar-refractivity contribution in [3.05, 3.63) is 39.9 Å². The van der Waals surface area contributed by atoms with Gasteiger partial charge in [0.05, 0.1) is 4.92 Å². The molecule has 1 fully saturated rings. The summed E-state index contributed by atoms with van der Waals surface area (Å²) in [5.74, 6) is 0.515. The number of nitro groups is 1. The molecule has 104 valence electrons. The van der Waals surface area contributed by atoms with Crippen molar-refractivity contribution in [2.24, 2.45) is 5.41 Å². The zero-order valence-corrected chi connectivity index (χ0v) is 11.8. The first-order valence-corrected chi connectivity index (χ1v) is 7.00. The summed E-state index contributed by atoms with van der Waals surface area (Å²) in [5, 5.41) is 14.1. The lowest BCUT2D eigenvalue weighted by atomic mass is 9.52. The summed E-state index contributed by atoms with van der Waals surface area (Å²) in [6.45, 7) is 4.48. The fourth-order valence-electron chi connectivity index (χ4n) is 3.72. The van der Waals surface area contributed by atoms with Gasteiger partial charge in [0.25, 0.3) is 5.69 Å². The van der Waals surface area contributed by atoms with E-state index in [0.29, 0.717) is 17.4 Å². The average molecular weight is 262 g/mol. The maximum Gasteiger partial charge on any atom is 0.269 e. The normalized spacial score (nSPS) is 24.8. The molecule has 1 aliphatic rings. The molecule has 2 atom stereocenters. The number of benzene rings is 1. The molecular formula is C15H22N2O2. The average Bonchev–Trinajstić information content (AvgIpc) is 2.40. The van der Waals surface area contributed by atoms with Crippen LogP contribution < -0.4 is 5.32 Å². The van der Waals surface area contributed by atoms with Crippen LogP contribution in [0.4, 0.5) is 5.69 Å². The van der Waals surface area contributed by atoms with Crippen LogP contribution in [-0.4, -0.2) is 18.0 Å². The maximum absolute atomic E-state index is 10.7. The summed E-state index contributed by atoms with van der Waals surface area (Å²) in [6.07, 6.45) is 3.39. The molecule has 0 aliphatic heterocycles. The van der Waals surface area contributed by atoms with E-state index in [1.54, 1.807) is 12.1 Å². The number of nitrogens with zero attached hydrogens (tertiary/aromatic N) is 1. The Morgan fingerprint density at radius 3 is 2.32 bits per heavy atom. The lowest BCUT2D eigenvalue weighted by Crippen LogP contribution is -2.57. The summed E-state index contributed by atoms with van der Waals surface area (Å²) in [4.78, 5) is 10.4. The molecule has 0 radical (unpaired) electrons. The highest BCUT2D eigenvalue weighted by Crippen LogP contribution is 2.57. The number of nitrogens with one attached hydrogen (secondary N) is 1. The first-order valence-electron chi connectivity index (χ1n) is 7.00. The molecule has 0 spiro atoms. The van der Waals surface area contributed by atoms with Gasteiger partial charge in [-0.25, -0.2) is 0 Å². The van der Waals surface area contributed by atoms with Gasteiger partial charge in [0.1, 0.15) is 0 Å². The molecule has 0 bridgehead atoms. The molecule has 2 unspecified atom stereocenters. The molecule has 4 nitrogen and oxygen atoms in total. The van der Waals surface area contributed by atoms with E-state index in [1.807, 2.05) is 19.2 Å². The first kappa shape index (κ1) is 14.0. The quantitative estimate of drug-likeness (QED) is 0.653. The van der Waals surface area contributed by atoms with Crippen LogP contribution in [0.3, 0.4) is 0 Å². The van der Waals surface area contributed by atoms with Crippen molar-refractivity contribution in [1.82, 2.24) is 5.32 Å². The van der Waals surface area contributed by atoms with Crippen molar-refractivity contribution in [2.45, 2.75) is 45.1 Å². The van der Waals surface area contributed by atoms with Crippen molar-refractivity contribution in [3.63, 3.8) is 0 Å². The summed E-state index contributed by atoms with van der Waals surface area (Å²) in [6, 6.07) is 7.66. The van der Waals surface area contributed by atoms with Gasteiger partial charge < -0.3 is 5.32 Å². The Labute approximate surface area is 114 Å². The monoisotopic (exact) mass is 262 g/mol. The summed E-state index contributed by atoms with van der Waals surface area (Å²) in [5.41, 5.74) is 1.71. The molecule has 0 heterocycles. The SMILES string of the molecule is CCC1(CC)C(NC)CC1c1ccc([N+](=O)[O-])cc1. The van der Waals surface area contributed by atoms with E-state index in [-0.39, 0.29) is 10.6 Å². The molecule has 0 amide bonds. The van der Waals surface area contributed by atoms with E-state index in [0.717, 1.165) is 19.3 Å². The Kier molecular flexibility index (Phi) is 3.90. The lowest BCUT2D eigenvalue weighted by Gasteiger charge is -2.56. The molecule has 0 aromatic heterocycles. The highest BCUT2D eigenvalue weighted by molar-refractivity contribution is 5.37. The summed E-state index contributed by atoms with van der Waals surface area (Å²) >= 11 is 0. The fourth-order valence-corrected chi connectivity index (χ4v) is 3.72. The molecule has 2 rings (SSSR count). The molecule has 19 heavy (non-hydrogen) atoms. The molecule has 1 N–H and O–H groups in total. The van der Waals surface area contributed by atoms with Gasteiger partial charge in [0.2, 0.25) is 0 Å². The first-order chi connectivity index (χ1) is 9.08. The third kappa shape index (κ3) is 2.14. The van der Waals surface area contributed by atoms with Crippen LogP contribution in [-0.2, 0) is 0 Å². The number of non-ortho nitro benzene ring substituents is 1. The van der Waals surface area contributed by atoms with Crippen LogP contribution in [0.1, 0.15) is 44.6 Å². The van der Waals surface area contributed by atoms with Gasteiger partial charge in [0, 0.05) is 18.2 Å². The van der Waals surface area contributed by atoms with Gasteiger partial charge >= 0.3 is 0 Å². The van der Waals surface area contributed by atoms with Crippen LogP contribution >= 0.6 is 0 Å². The molecule has 0 saturated heterocycles. The second-order valence-corrected chi connectivity index (χ2v) is 5.42. The Balaban J connectivity index is 2.25. The standard InChI is InChI=1S/C15H22N2O2/c1-4-15(5-2)13(10-14(15)16-3)11-6-8-12(9-7-11)17(18)19/h6-9,13-14,16H,4-5,10H2,1-3H3. The van der Waals surface area contributed by atoms with Crippen LogP contribution in [0.25, 0.3) is 0 Å². The molecular weight excluding hydrogens is 240 g/mol. The Bertz CT molecular complexity index is 452. The van der Waals surface area contributed by atoms with E-state index in [9.17, 15) is 10.1 Å². The zero-order valence-electron chi connectivity index (χ0n) is 11.8. The van der Waals surface area contributed by atoms with Crippen molar-refractivity contribution in [3.8, 4) is 0 Å². The lowest BCUT2D eigenvalue weighted by molar-refractivity contribution is -0.384. The van der Waals surface area contributed by atoms with E-state index >= 15 is 0 Å². The fraction of sp³-hybridized carbons (Fsp3) is 0.600. The molecule has 1 aromatic carbocycles. The smallest absolute Gasteiger partial charge is 0.269 e. The van der Waals surface area contributed by atoms with Gasteiger partial charge in [-0.2, -0.15) is 0 Å². The van der Waals surface area contributed by atoms with Crippen LogP contribution in [0.2, 0.25) is 0 Å². The van der Waals surface area contributed by atoms with Crippen molar-refractivity contribution >= 4 is 5.69 Å². The van der Waals surface area contributed by atoms with E-state index in [1.165, 1.54) is 5.56 Å². The summed E-state index contributed by atoms with van der Waals surface area (Å²) < 4.78 is 0. The summed E-state index contributed by atoms with van der Waals surface area (Å²) in [7, 11) is 2.02. The minimum atomic E-state index is -0.339. The van der Waals surface area contributed by atoms with E-state index in [4.69, 9.17) is 0 Å². The molecule has 1 aliphatic carbocycles. The Morgan fingerprint density at radius 2 is 1.89 bits per heavy atom. The van der Waals surface area contributed by atoms with Crippen LogP contribution in [0.5, 0.6) is 0 Å². The number of nitro benzene ring substituents is 1. The van der Waals surface area contributed by atoms with E-state index in [2.05, 4.69) is 19.2 Å². The molecule has 1 aromatic rings. The zero-order chi connectivity index (χ0) is 14.0. The number of rotatable bonds is 5. The topological polar surface area (TPSA) is 55.2 Å². The number of hydrogen-bond donors (Lipinski definition) is 1. The second kappa shape index (κ2) is 5.29. The van der Waals surface area contributed by atoms with Gasteiger partial charge in [-0.05, 0) is 43.2 Å². The third-order valence-electron chi connectivity index (χ3n) is 5.03. The van der Waals surface area contributed by atoms with Gasteiger partial charge in [-0.15, -0.1) is 0 Å². The molecule has 4 heteroatoms.